The molecule has 0 bridgehead atoms. The number of anilines is 2. The first-order valence-electron chi connectivity index (χ1n) is 10.8. The van der Waals surface area contributed by atoms with E-state index >= 15 is 0 Å². The number of H-pyrrole nitrogens is 1. The summed E-state index contributed by atoms with van der Waals surface area (Å²) in [7, 11) is 0. The van der Waals surface area contributed by atoms with E-state index in [4.69, 9.17) is 4.74 Å². The number of urea groups is 1. The summed E-state index contributed by atoms with van der Waals surface area (Å²) in [5, 5.41) is 8.55. The minimum atomic E-state index is -4.65. The maximum atomic E-state index is 14.8. The summed E-state index contributed by atoms with van der Waals surface area (Å²) in [6.45, 7) is 0. The van der Waals surface area contributed by atoms with Crippen LogP contribution in [0.15, 0.2) is 78.1 Å². The molecule has 0 aliphatic carbocycles. The fourth-order valence-electron chi connectivity index (χ4n) is 3.49. The van der Waals surface area contributed by atoms with Gasteiger partial charge in [-0.2, -0.15) is 18.3 Å². The Kier molecular flexibility index (Phi) is 6.20. The fraction of sp³-hybridized carbons (Fsp3) is 0.0417. The number of fused-ring (bicyclic) bond motifs is 1. The number of carbonyl (C=O) groups excluding carboxylic acids is 1. The smallest absolute Gasteiger partial charge is 0.416 e. The van der Waals surface area contributed by atoms with Gasteiger partial charge in [-0.15, -0.1) is 0 Å². The zero-order valence-corrected chi connectivity index (χ0v) is 19.0. The van der Waals surface area contributed by atoms with Gasteiger partial charge in [0.05, 0.1) is 28.8 Å². The summed E-state index contributed by atoms with van der Waals surface area (Å²) in [5.74, 6) is -0.638. The zero-order valence-electron chi connectivity index (χ0n) is 19.0. The SMILES string of the molecule is O=C(Nc1ccc(Oc2ccnc3[nH]c(=O)cnc23)cc1F)Nc1cc(C(F)(F)F)ccc1-n1cccn1. The summed E-state index contributed by atoms with van der Waals surface area (Å²) in [6.07, 6.45) is 0.679. The van der Waals surface area contributed by atoms with Gasteiger partial charge < -0.3 is 20.4 Å². The molecule has 0 unspecified atom stereocenters. The second kappa shape index (κ2) is 9.65. The second-order valence-corrected chi connectivity index (χ2v) is 7.76. The number of rotatable bonds is 5. The van der Waals surface area contributed by atoms with Crippen molar-refractivity contribution >= 4 is 28.6 Å². The highest BCUT2D eigenvalue weighted by Gasteiger charge is 2.31. The Hall–Kier alpha value is -5.27. The molecule has 0 spiro atoms. The average molecular weight is 525 g/mol. The lowest BCUT2D eigenvalue weighted by Gasteiger charge is -2.15. The van der Waals surface area contributed by atoms with E-state index in [0.29, 0.717) is 0 Å². The van der Waals surface area contributed by atoms with Crippen molar-refractivity contribution in [2.45, 2.75) is 6.18 Å². The second-order valence-electron chi connectivity index (χ2n) is 7.76. The number of carbonyl (C=O) groups is 1. The summed E-state index contributed by atoms with van der Waals surface area (Å²) in [5.41, 5.74) is -1.32. The van der Waals surface area contributed by atoms with Gasteiger partial charge in [-0.3, -0.25) is 4.79 Å². The topological polar surface area (TPSA) is 127 Å². The number of pyridine rings is 1. The van der Waals surface area contributed by atoms with E-state index in [1.807, 2.05) is 0 Å². The summed E-state index contributed by atoms with van der Waals surface area (Å²) in [6, 6.07) is 8.38. The molecular formula is C24H15F4N7O3. The number of ether oxygens (including phenoxy) is 1. The first-order valence-corrected chi connectivity index (χ1v) is 10.8. The maximum Gasteiger partial charge on any atom is 0.416 e. The molecule has 0 saturated carbocycles. The molecule has 14 heteroatoms. The average Bonchev–Trinajstić information content (AvgIpc) is 3.40. The predicted octanol–water partition coefficient (Wildman–Crippen LogP) is 5.10. The third-order valence-electron chi connectivity index (χ3n) is 5.18. The molecule has 3 N–H and O–H groups in total. The molecule has 0 saturated heterocycles. The van der Waals surface area contributed by atoms with E-state index in [2.05, 4.69) is 30.7 Å². The van der Waals surface area contributed by atoms with Gasteiger partial charge in [-0.1, -0.05) is 0 Å². The Balaban J connectivity index is 1.35. The molecule has 0 fully saturated rings. The van der Waals surface area contributed by atoms with Crippen LogP contribution in [-0.4, -0.2) is 30.8 Å². The van der Waals surface area contributed by atoms with Crippen LogP contribution in [0.4, 0.5) is 33.7 Å². The normalized spacial score (nSPS) is 11.4. The van der Waals surface area contributed by atoms with E-state index in [1.54, 1.807) is 6.07 Å². The van der Waals surface area contributed by atoms with Crippen LogP contribution < -0.4 is 20.9 Å². The minimum absolute atomic E-state index is 0.0489. The van der Waals surface area contributed by atoms with E-state index < -0.39 is 29.1 Å². The van der Waals surface area contributed by atoms with Crippen LogP contribution in [0.1, 0.15) is 5.56 Å². The van der Waals surface area contributed by atoms with Crippen LogP contribution in [-0.2, 0) is 6.18 Å². The molecule has 0 radical (unpaired) electrons. The fourth-order valence-corrected chi connectivity index (χ4v) is 3.49. The van der Waals surface area contributed by atoms with Crippen molar-refractivity contribution in [1.29, 1.82) is 0 Å². The first kappa shape index (κ1) is 24.4. The Morgan fingerprint density at radius 1 is 1.00 bits per heavy atom. The summed E-state index contributed by atoms with van der Waals surface area (Å²) < 4.78 is 61.4. The third-order valence-corrected chi connectivity index (χ3v) is 5.18. The number of halogens is 4. The lowest BCUT2D eigenvalue weighted by molar-refractivity contribution is -0.137. The van der Waals surface area contributed by atoms with Crippen LogP contribution in [0.3, 0.4) is 0 Å². The van der Waals surface area contributed by atoms with Gasteiger partial charge in [0, 0.05) is 30.7 Å². The molecule has 0 aliphatic rings. The molecule has 2 amide bonds. The van der Waals surface area contributed by atoms with Gasteiger partial charge in [0.25, 0.3) is 5.56 Å². The highest BCUT2D eigenvalue weighted by molar-refractivity contribution is 6.01. The van der Waals surface area contributed by atoms with Gasteiger partial charge in [0.15, 0.2) is 11.4 Å². The highest BCUT2D eigenvalue weighted by Crippen LogP contribution is 2.34. The van der Waals surface area contributed by atoms with Crippen molar-refractivity contribution in [2.24, 2.45) is 0 Å². The summed E-state index contributed by atoms with van der Waals surface area (Å²) >= 11 is 0. The Bertz CT molecular complexity index is 1700. The quantitative estimate of drug-likeness (QED) is 0.274. The number of hydrogen-bond donors (Lipinski definition) is 3. The van der Waals surface area contributed by atoms with Crippen molar-refractivity contribution in [3.8, 4) is 17.2 Å². The van der Waals surface area contributed by atoms with Gasteiger partial charge in [0.2, 0.25) is 0 Å². The largest absolute Gasteiger partial charge is 0.455 e. The molecule has 38 heavy (non-hydrogen) atoms. The molecule has 2 aromatic carbocycles. The molecule has 0 aliphatic heterocycles. The van der Waals surface area contributed by atoms with E-state index in [9.17, 15) is 27.2 Å². The van der Waals surface area contributed by atoms with Crippen molar-refractivity contribution in [2.75, 3.05) is 10.6 Å². The summed E-state index contributed by atoms with van der Waals surface area (Å²) in [4.78, 5) is 34.5. The molecule has 3 aromatic heterocycles. The van der Waals surface area contributed by atoms with E-state index in [1.165, 1.54) is 41.5 Å². The molecule has 0 atom stereocenters. The van der Waals surface area contributed by atoms with Gasteiger partial charge in [-0.25, -0.2) is 23.8 Å². The predicted molar refractivity (Wildman–Crippen MR) is 128 cm³/mol. The maximum absolute atomic E-state index is 14.8. The van der Waals surface area contributed by atoms with Gasteiger partial charge in [-0.05, 0) is 36.4 Å². The Morgan fingerprint density at radius 3 is 2.55 bits per heavy atom. The van der Waals surface area contributed by atoms with Gasteiger partial charge >= 0.3 is 12.2 Å². The van der Waals surface area contributed by atoms with E-state index in [0.717, 1.165) is 30.5 Å². The standard InChI is InChI=1S/C24H15F4N7O3/c25-15-11-14(38-19-6-8-29-22-21(19)30-12-20(36)34-22)3-4-16(15)32-23(37)33-17-10-13(24(26,27)28)2-5-18(17)35-9-1-7-31-35/h1-12H,(H,29,34,36)(H2,32,33,37). The molecule has 5 aromatic rings. The van der Waals surface area contributed by atoms with Crippen LogP contribution in [0.25, 0.3) is 16.9 Å². The number of benzene rings is 2. The molecule has 10 nitrogen and oxygen atoms in total. The van der Waals surface area contributed by atoms with Crippen LogP contribution in [0.5, 0.6) is 11.5 Å². The van der Waals surface area contributed by atoms with Crippen LogP contribution >= 0.6 is 0 Å². The Morgan fingerprint density at radius 2 is 1.82 bits per heavy atom. The number of nitrogens with one attached hydrogen (secondary N) is 3. The number of amides is 2. The molecule has 3 heterocycles. The molecular weight excluding hydrogens is 510 g/mol. The minimum Gasteiger partial charge on any atom is -0.455 e. The van der Waals surface area contributed by atoms with Crippen molar-refractivity contribution < 1.29 is 27.1 Å². The zero-order chi connectivity index (χ0) is 26.9. The van der Waals surface area contributed by atoms with Crippen molar-refractivity contribution in [3.63, 3.8) is 0 Å². The van der Waals surface area contributed by atoms with Crippen LogP contribution in [0.2, 0.25) is 0 Å². The van der Waals surface area contributed by atoms with Crippen LogP contribution in [0, 0.1) is 5.82 Å². The number of aromatic amines is 1. The lowest BCUT2D eigenvalue weighted by atomic mass is 10.1. The third kappa shape index (κ3) is 5.13. The monoisotopic (exact) mass is 525 g/mol. The van der Waals surface area contributed by atoms with Crippen molar-refractivity contribution in [1.82, 2.24) is 24.7 Å². The van der Waals surface area contributed by atoms with E-state index in [-0.39, 0.29) is 39.7 Å². The number of aromatic nitrogens is 5. The van der Waals surface area contributed by atoms with Crippen molar-refractivity contribution in [3.05, 3.63) is 95.1 Å². The molecule has 5 rings (SSSR count). The highest BCUT2D eigenvalue weighted by atomic mass is 19.4. The Labute approximate surface area is 209 Å². The van der Waals surface area contributed by atoms with Gasteiger partial charge in [0.1, 0.15) is 17.1 Å². The number of hydrogen-bond acceptors (Lipinski definition) is 6. The first-order chi connectivity index (χ1) is 18.2. The lowest BCUT2D eigenvalue weighted by Crippen LogP contribution is -2.21. The molecule has 192 valence electrons. The number of nitrogens with zero attached hydrogens (tertiary/aromatic N) is 4. The number of alkyl halides is 3.